The molecule has 2 aromatic rings. The van der Waals surface area contributed by atoms with E-state index in [1.54, 1.807) is 23.2 Å². The molecule has 0 aliphatic carbocycles. The smallest absolute Gasteiger partial charge is 0.325 e. The number of aromatic nitrogens is 2. The zero-order valence-electron chi connectivity index (χ0n) is 16.9. The van der Waals surface area contributed by atoms with Crippen LogP contribution < -0.4 is 10.2 Å². The van der Waals surface area contributed by atoms with Crippen molar-refractivity contribution >= 4 is 39.4 Å². The summed E-state index contributed by atoms with van der Waals surface area (Å²) in [5.74, 6) is 1.39. The minimum absolute atomic E-state index is 0.105. The minimum atomic E-state index is -0.423. The number of anilines is 1. The highest BCUT2D eigenvalue weighted by Gasteiger charge is 2.25. The van der Waals surface area contributed by atoms with Crippen LogP contribution in [0.15, 0.2) is 0 Å². The molecule has 0 spiro atoms. The lowest BCUT2D eigenvalue weighted by atomic mass is 10.2. The van der Waals surface area contributed by atoms with E-state index < -0.39 is 5.97 Å². The highest BCUT2D eigenvalue weighted by Crippen LogP contribution is 2.35. The molecule has 0 aromatic carbocycles. The number of urea groups is 1. The molecule has 2 aromatic heterocycles. The van der Waals surface area contributed by atoms with E-state index in [2.05, 4.69) is 31.0 Å². The van der Waals surface area contributed by atoms with Gasteiger partial charge < -0.3 is 19.9 Å². The predicted octanol–water partition coefficient (Wildman–Crippen LogP) is 2.27. The Morgan fingerprint density at radius 3 is 2.50 bits per heavy atom. The molecule has 0 saturated carbocycles. The van der Waals surface area contributed by atoms with Crippen LogP contribution in [0.5, 0.6) is 0 Å². The van der Waals surface area contributed by atoms with E-state index in [0.717, 1.165) is 28.3 Å². The fraction of sp³-hybridized carbons (Fsp3) is 0.579. The van der Waals surface area contributed by atoms with Crippen LogP contribution in [0.1, 0.15) is 30.1 Å². The van der Waals surface area contributed by atoms with Gasteiger partial charge in [0.1, 0.15) is 23.0 Å². The van der Waals surface area contributed by atoms with Gasteiger partial charge in [0, 0.05) is 37.5 Å². The van der Waals surface area contributed by atoms with Gasteiger partial charge in [0.05, 0.1) is 12.0 Å². The lowest BCUT2D eigenvalue weighted by Gasteiger charge is -2.35. The minimum Gasteiger partial charge on any atom is -0.465 e. The molecule has 0 radical (unpaired) electrons. The largest absolute Gasteiger partial charge is 0.465 e. The fourth-order valence-electron chi connectivity index (χ4n) is 3.25. The van der Waals surface area contributed by atoms with Gasteiger partial charge in [-0.2, -0.15) is 0 Å². The summed E-state index contributed by atoms with van der Waals surface area (Å²) in [5, 5.41) is 3.75. The lowest BCUT2D eigenvalue weighted by molar-refractivity contribution is -0.141. The van der Waals surface area contributed by atoms with Crippen LogP contribution in [-0.2, 0) is 16.0 Å². The summed E-state index contributed by atoms with van der Waals surface area (Å²) in [5.41, 5.74) is 1.23. The van der Waals surface area contributed by atoms with Crippen molar-refractivity contribution in [3.63, 3.8) is 0 Å². The van der Waals surface area contributed by atoms with Crippen molar-refractivity contribution in [1.29, 1.82) is 0 Å². The first-order valence-electron chi connectivity index (χ1n) is 9.64. The topological polar surface area (TPSA) is 87.7 Å². The Hall–Kier alpha value is -2.42. The summed E-state index contributed by atoms with van der Waals surface area (Å²) >= 11 is 1.71. The molecule has 8 nitrogen and oxygen atoms in total. The number of hydrogen-bond donors (Lipinski definition) is 1. The number of esters is 1. The van der Waals surface area contributed by atoms with Crippen molar-refractivity contribution in [2.75, 3.05) is 44.2 Å². The average molecular weight is 406 g/mol. The monoisotopic (exact) mass is 405 g/mol. The number of hydrogen-bond acceptors (Lipinski definition) is 7. The van der Waals surface area contributed by atoms with E-state index in [1.165, 1.54) is 10.4 Å². The van der Waals surface area contributed by atoms with Gasteiger partial charge in [-0.3, -0.25) is 4.79 Å². The van der Waals surface area contributed by atoms with Gasteiger partial charge in [0.2, 0.25) is 0 Å². The van der Waals surface area contributed by atoms with Crippen LogP contribution in [0.25, 0.3) is 10.2 Å². The molecule has 2 amide bonds. The van der Waals surface area contributed by atoms with Crippen LogP contribution in [0.3, 0.4) is 0 Å². The molecule has 152 valence electrons. The van der Waals surface area contributed by atoms with E-state index in [4.69, 9.17) is 14.7 Å². The summed E-state index contributed by atoms with van der Waals surface area (Å²) in [4.78, 5) is 39.4. The molecule has 1 N–H and O–H groups in total. The van der Waals surface area contributed by atoms with Gasteiger partial charge >= 0.3 is 12.0 Å². The molecule has 3 rings (SSSR count). The average Bonchev–Trinajstić information content (AvgIpc) is 2.99. The first-order valence-corrected chi connectivity index (χ1v) is 10.5. The molecule has 0 unspecified atom stereocenters. The SMILES string of the molecule is CCOC(=O)CNC(=O)N1CCN(c2nc(CC)nc3sc(C)c(C)c23)CC1. The molecular formula is C19H27N5O3S. The quantitative estimate of drug-likeness (QED) is 0.768. The third-order valence-corrected chi connectivity index (χ3v) is 6.03. The number of carbonyl (C=O) groups excluding carboxylic acids is 2. The first kappa shape index (κ1) is 20.3. The number of thiophene rings is 1. The maximum absolute atomic E-state index is 12.3. The number of ether oxygens (including phenoxy) is 1. The number of carbonyl (C=O) groups is 2. The maximum atomic E-state index is 12.3. The highest BCUT2D eigenvalue weighted by molar-refractivity contribution is 7.18. The zero-order chi connectivity index (χ0) is 20.3. The van der Waals surface area contributed by atoms with Crippen molar-refractivity contribution in [2.45, 2.75) is 34.1 Å². The molecule has 3 heterocycles. The molecule has 1 aliphatic heterocycles. The van der Waals surface area contributed by atoms with Crippen molar-refractivity contribution < 1.29 is 14.3 Å². The molecule has 28 heavy (non-hydrogen) atoms. The number of nitrogens with one attached hydrogen (secondary N) is 1. The molecule has 1 aliphatic rings. The first-order chi connectivity index (χ1) is 13.4. The second-order valence-electron chi connectivity index (χ2n) is 6.72. The molecule has 9 heteroatoms. The molecule has 0 atom stereocenters. The summed E-state index contributed by atoms with van der Waals surface area (Å²) in [7, 11) is 0. The van der Waals surface area contributed by atoms with Crippen LogP contribution in [-0.4, -0.2) is 66.2 Å². The Morgan fingerprint density at radius 2 is 1.86 bits per heavy atom. The van der Waals surface area contributed by atoms with Crippen molar-refractivity contribution in [3.05, 3.63) is 16.3 Å². The van der Waals surface area contributed by atoms with E-state index in [1.807, 2.05) is 0 Å². The van der Waals surface area contributed by atoms with E-state index in [-0.39, 0.29) is 12.6 Å². The Labute approximate surface area is 168 Å². The zero-order valence-corrected chi connectivity index (χ0v) is 17.7. The standard InChI is InChI=1S/C19H27N5O3S/c1-5-14-21-17(16-12(3)13(4)28-18(16)22-14)23-7-9-24(10-8-23)19(26)20-11-15(25)27-6-2/h5-11H2,1-4H3,(H,20,26). The Balaban J connectivity index is 1.70. The Kier molecular flexibility index (Phi) is 6.33. The van der Waals surface area contributed by atoms with Gasteiger partial charge in [-0.15, -0.1) is 11.3 Å². The van der Waals surface area contributed by atoms with Crippen LogP contribution >= 0.6 is 11.3 Å². The van der Waals surface area contributed by atoms with Gasteiger partial charge in [0.25, 0.3) is 0 Å². The van der Waals surface area contributed by atoms with Gasteiger partial charge in [-0.1, -0.05) is 6.92 Å². The molecule has 1 fully saturated rings. The van der Waals surface area contributed by atoms with E-state index in [0.29, 0.717) is 32.8 Å². The fourth-order valence-corrected chi connectivity index (χ4v) is 4.29. The third kappa shape index (κ3) is 4.19. The third-order valence-electron chi connectivity index (χ3n) is 4.93. The number of amides is 2. The molecule has 1 saturated heterocycles. The van der Waals surface area contributed by atoms with Gasteiger partial charge in [-0.05, 0) is 26.3 Å². The van der Waals surface area contributed by atoms with Crippen molar-refractivity contribution in [3.8, 4) is 0 Å². The van der Waals surface area contributed by atoms with E-state index >= 15 is 0 Å². The Morgan fingerprint density at radius 1 is 1.14 bits per heavy atom. The number of aryl methyl sites for hydroxylation is 3. The number of piperazine rings is 1. The lowest BCUT2D eigenvalue weighted by Crippen LogP contribution is -2.52. The number of fused-ring (bicyclic) bond motifs is 1. The van der Waals surface area contributed by atoms with Crippen LogP contribution in [0, 0.1) is 13.8 Å². The number of nitrogens with zero attached hydrogens (tertiary/aromatic N) is 4. The highest BCUT2D eigenvalue weighted by atomic mass is 32.1. The molecule has 0 bridgehead atoms. The maximum Gasteiger partial charge on any atom is 0.325 e. The van der Waals surface area contributed by atoms with E-state index in [9.17, 15) is 9.59 Å². The normalized spacial score (nSPS) is 14.4. The second-order valence-corrected chi connectivity index (χ2v) is 7.92. The summed E-state index contributed by atoms with van der Waals surface area (Å²) < 4.78 is 4.84. The van der Waals surface area contributed by atoms with Crippen molar-refractivity contribution in [2.24, 2.45) is 0 Å². The van der Waals surface area contributed by atoms with Gasteiger partial charge in [0.15, 0.2) is 0 Å². The summed E-state index contributed by atoms with van der Waals surface area (Å²) in [6, 6.07) is -0.239. The predicted molar refractivity (Wildman–Crippen MR) is 110 cm³/mol. The number of rotatable bonds is 5. The van der Waals surface area contributed by atoms with Crippen LogP contribution in [0.4, 0.5) is 10.6 Å². The molecular weight excluding hydrogens is 378 g/mol. The Bertz CT molecular complexity index is 874. The van der Waals surface area contributed by atoms with Crippen molar-refractivity contribution in [1.82, 2.24) is 20.2 Å². The summed E-state index contributed by atoms with van der Waals surface area (Å²) in [6.07, 6.45) is 0.787. The van der Waals surface area contributed by atoms with Gasteiger partial charge in [-0.25, -0.2) is 14.8 Å². The van der Waals surface area contributed by atoms with Crippen LogP contribution in [0.2, 0.25) is 0 Å². The summed E-state index contributed by atoms with van der Waals surface area (Å²) in [6.45, 7) is 10.8. The second kappa shape index (κ2) is 8.72.